The van der Waals surface area contributed by atoms with Gasteiger partial charge in [-0.25, -0.2) is 9.50 Å². The lowest BCUT2D eigenvalue weighted by Gasteiger charge is -2.27. The van der Waals surface area contributed by atoms with Crippen molar-refractivity contribution in [2.24, 2.45) is 0 Å². The second-order valence-corrected chi connectivity index (χ2v) is 8.81. The summed E-state index contributed by atoms with van der Waals surface area (Å²) >= 11 is 0. The molecule has 0 aliphatic rings. The van der Waals surface area contributed by atoms with E-state index in [1.54, 1.807) is 23.7 Å². The Morgan fingerprint density at radius 1 is 1.09 bits per heavy atom. The van der Waals surface area contributed by atoms with Crippen molar-refractivity contribution in [2.45, 2.75) is 45.2 Å². The first-order valence-electron chi connectivity index (χ1n) is 11.3. The van der Waals surface area contributed by atoms with Gasteiger partial charge in [-0.3, -0.25) is 4.79 Å². The maximum absolute atomic E-state index is 13.1. The minimum Gasteiger partial charge on any atom is -0.468 e. The minimum atomic E-state index is -4.42. The molecule has 5 nitrogen and oxygen atoms in total. The highest BCUT2D eigenvalue weighted by atomic mass is 19.4. The monoisotopic (exact) mass is 481 g/mol. The van der Waals surface area contributed by atoms with Crippen LogP contribution in [0.25, 0.3) is 16.8 Å². The fourth-order valence-electron chi connectivity index (χ4n) is 4.50. The molecule has 0 aliphatic carbocycles. The largest absolute Gasteiger partial charge is 0.468 e. The number of ether oxygens (including phenoxy) is 1. The summed E-state index contributed by atoms with van der Waals surface area (Å²) in [4.78, 5) is 17.6. The highest BCUT2D eigenvalue weighted by Crippen LogP contribution is 2.36. The number of nitrogens with zero attached hydrogens (tertiary/aromatic N) is 3. The Morgan fingerprint density at radius 3 is 2.40 bits per heavy atom. The summed E-state index contributed by atoms with van der Waals surface area (Å²) in [6, 6.07) is 14.6. The minimum absolute atomic E-state index is 0.372. The fraction of sp³-hybridized carbons (Fsp3) is 0.296. The van der Waals surface area contributed by atoms with Crippen LogP contribution in [0.3, 0.4) is 0 Å². The first-order chi connectivity index (χ1) is 16.6. The third-order valence-corrected chi connectivity index (χ3v) is 6.27. The number of halogens is 3. The van der Waals surface area contributed by atoms with Crippen LogP contribution in [-0.4, -0.2) is 27.7 Å². The third kappa shape index (κ3) is 4.52. The lowest BCUT2D eigenvalue weighted by molar-refractivity contribution is -0.147. The molecule has 0 radical (unpaired) electrons. The summed E-state index contributed by atoms with van der Waals surface area (Å²) in [5, 5.41) is 4.74. The molecule has 4 rings (SSSR count). The van der Waals surface area contributed by atoms with E-state index in [2.05, 4.69) is 4.98 Å². The number of alkyl halides is 3. The van der Waals surface area contributed by atoms with Crippen molar-refractivity contribution >= 4 is 11.6 Å². The summed E-state index contributed by atoms with van der Waals surface area (Å²) in [7, 11) is 1.35. The Hall–Kier alpha value is -3.68. The standard InChI is InChI=1S/C27H26F3N3O2/c1-5-21-23(19-9-11-20(12-10-19)27(28,29)30)24-31-14-13-22(33(24)32-21)26(3,25(34)35-4)16-18-8-6-7-17(2)15-18/h6-15H,5,16H2,1-4H3/t26-/m1/s1. The van der Waals surface area contributed by atoms with E-state index in [-0.39, 0.29) is 0 Å². The molecule has 0 spiro atoms. The molecule has 2 aromatic carbocycles. The van der Waals surface area contributed by atoms with Gasteiger partial charge in [0.2, 0.25) is 0 Å². The van der Waals surface area contributed by atoms with Crippen LogP contribution in [0, 0.1) is 6.92 Å². The van der Waals surface area contributed by atoms with Crippen LogP contribution in [0.15, 0.2) is 60.8 Å². The maximum Gasteiger partial charge on any atom is 0.416 e. The molecule has 4 aromatic rings. The van der Waals surface area contributed by atoms with E-state index in [0.717, 1.165) is 23.3 Å². The molecule has 1 atom stereocenters. The molecule has 2 aromatic heterocycles. The zero-order chi connectivity index (χ0) is 25.4. The van der Waals surface area contributed by atoms with Crippen LogP contribution in [0.4, 0.5) is 13.2 Å². The fourth-order valence-corrected chi connectivity index (χ4v) is 4.50. The van der Waals surface area contributed by atoms with Gasteiger partial charge in [0.15, 0.2) is 5.65 Å². The zero-order valence-electron chi connectivity index (χ0n) is 20.0. The van der Waals surface area contributed by atoms with Crippen molar-refractivity contribution in [1.29, 1.82) is 0 Å². The third-order valence-electron chi connectivity index (χ3n) is 6.27. The summed E-state index contributed by atoms with van der Waals surface area (Å²) < 4.78 is 46.1. The highest BCUT2D eigenvalue weighted by Gasteiger charge is 2.40. The molecule has 0 unspecified atom stereocenters. The average Bonchev–Trinajstić information content (AvgIpc) is 3.21. The first-order valence-corrected chi connectivity index (χ1v) is 11.3. The predicted molar refractivity (Wildman–Crippen MR) is 127 cm³/mol. The van der Waals surface area contributed by atoms with Crippen molar-refractivity contribution in [1.82, 2.24) is 14.6 Å². The number of aromatic nitrogens is 3. The van der Waals surface area contributed by atoms with Gasteiger partial charge in [0.05, 0.1) is 24.1 Å². The van der Waals surface area contributed by atoms with Crippen molar-refractivity contribution in [3.63, 3.8) is 0 Å². The summed E-state index contributed by atoms with van der Waals surface area (Å²) in [6.07, 6.45) is -1.92. The van der Waals surface area contributed by atoms with Crippen molar-refractivity contribution in [3.05, 3.63) is 88.9 Å². The molecule has 0 aliphatic heterocycles. The molecule has 0 saturated heterocycles. The molecule has 8 heteroatoms. The number of rotatable bonds is 6. The lowest BCUT2D eigenvalue weighted by Crippen LogP contribution is -2.38. The molecule has 0 saturated carbocycles. The van der Waals surface area contributed by atoms with Gasteiger partial charge in [0.25, 0.3) is 0 Å². The van der Waals surface area contributed by atoms with E-state index in [1.165, 1.54) is 19.2 Å². The Morgan fingerprint density at radius 2 is 1.80 bits per heavy atom. The summed E-state index contributed by atoms with van der Waals surface area (Å²) in [6.45, 7) is 5.71. The quantitative estimate of drug-likeness (QED) is 0.319. The van der Waals surface area contributed by atoms with Crippen molar-refractivity contribution < 1.29 is 22.7 Å². The number of hydrogen-bond donors (Lipinski definition) is 0. The number of carbonyl (C=O) groups is 1. The van der Waals surface area contributed by atoms with E-state index >= 15 is 0 Å². The first kappa shape index (κ1) is 24.4. The molecule has 35 heavy (non-hydrogen) atoms. The number of hydrogen-bond acceptors (Lipinski definition) is 4. The van der Waals surface area contributed by atoms with Gasteiger partial charge in [0, 0.05) is 11.8 Å². The number of aryl methyl sites for hydroxylation is 2. The van der Waals surface area contributed by atoms with E-state index in [4.69, 9.17) is 9.84 Å². The number of esters is 1. The van der Waals surface area contributed by atoms with Crippen LogP contribution in [-0.2, 0) is 34.0 Å². The van der Waals surface area contributed by atoms with Crippen LogP contribution in [0.2, 0.25) is 0 Å². The number of benzene rings is 2. The molecule has 2 heterocycles. The van der Waals surface area contributed by atoms with Gasteiger partial charge in [-0.1, -0.05) is 48.9 Å². The van der Waals surface area contributed by atoms with E-state index in [1.807, 2.05) is 38.1 Å². The second kappa shape index (κ2) is 9.17. The molecule has 0 N–H and O–H groups in total. The summed E-state index contributed by atoms with van der Waals surface area (Å²) in [5.41, 5.74) is 3.19. The van der Waals surface area contributed by atoms with Crippen molar-refractivity contribution in [3.8, 4) is 11.1 Å². The Kier molecular flexibility index (Phi) is 6.40. The molecule has 182 valence electrons. The SMILES string of the molecule is CCc1nn2c([C@@](C)(Cc3cccc(C)c3)C(=O)OC)ccnc2c1-c1ccc(C(F)(F)F)cc1. The van der Waals surface area contributed by atoms with Crippen LogP contribution >= 0.6 is 0 Å². The molecular weight excluding hydrogens is 455 g/mol. The highest BCUT2D eigenvalue weighted by molar-refractivity contribution is 5.84. The maximum atomic E-state index is 13.1. The molecular formula is C27H26F3N3O2. The van der Waals surface area contributed by atoms with Gasteiger partial charge >= 0.3 is 12.1 Å². The Labute approximate surface area is 201 Å². The van der Waals surface area contributed by atoms with Crippen LogP contribution < -0.4 is 0 Å². The smallest absolute Gasteiger partial charge is 0.416 e. The van der Waals surface area contributed by atoms with Gasteiger partial charge in [0.1, 0.15) is 5.41 Å². The predicted octanol–water partition coefficient (Wildman–Crippen LogP) is 5.96. The van der Waals surface area contributed by atoms with E-state index in [0.29, 0.717) is 41.0 Å². The van der Waals surface area contributed by atoms with Gasteiger partial charge in [-0.05, 0) is 56.0 Å². The van der Waals surface area contributed by atoms with Crippen LogP contribution in [0.5, 0.6) is 0 Å². The number of fused-ring (bicyclic) bond motifs is 1. The van der Waals surface area contributed by atoms with Gasteiger partial charge in [-0.15, -0.1) is 0 Å². The molecule has 0 fully saturated rings. The lowest BCUT2D eigenvalue weighted by atomic mass is 9.80. The van der Waals surface area contributed by atoms with Crippen LogP contribution in [0.1, 0.15) is 41.9 Å². The van der Waals surface area contributed by atoms with Gasteiger partial charge in [-0.2, -0.15) is 18.3 Å². The zero-order valence-corrected chi connectivity index (χ0v) is 20.0. The molecule has 0 amide bonds. The van der Waals surface area contributed by atoms with E-state index in [9.17, 15) is 18.0 Å². The van der Waals surface area contributed by atoms with Gasteiger partial charge < -0.3 is 4.74 Å². The van der Waals surface area contributed by atoms with Crippen molar-refractivity contribution in [2.75, 3.05) is 7.11 Å². The summed E-state index contributed by atoms with van der Waals surface area (Å²) in [5.74, 6) is -0.420. The normalized spacial score (nSPS) is 13.6. The number of carbonyl (C=O) groups excluding carboxylic acids is 1. The Balaban J connectivity index is 1.90. The second-order valence-electron chi connectivity index (χ2n) is 8.81. The Bertz CT molecular complexity index is 1380. The number of methoxy groups -OCH3 is 1. The molecule has 0 bridgehead atoms. The topological polar surface area (TPSA) is 56.5 Å². The average molecular weight is 482 g/mol. The van der Waals surface area contributed by atoms with E-state index < -0.39 is 23.1 Å².